The fourth-order valence-corrected chi connectivity index (χ4v) is 2.04. The van der Waals surface area contributed by atoms with Crippen molar-refractivity contribution in [1.29, 1.82) is 0 Å². The second kappa shape index (κ2) is 7.12. The summed E-state index contributed by atoms with van der Waals surface area (Å²) in [5, 5.41) is 2.86. The van der Waals surface area contributed by atoms with Crippen molar-refractivity contribution < 1.29 is 19.0 Å². The van der Waals surface area contributed by atoms with Gasteiger partial charge in [0.15, 0.2) is 0 Å². The molecule has 1 aromatic carbocycles. The van der Waals surface area contributed by atoms with Gasteiger partial charge in [-0.2, -0.15) is 0 Å². The van der Waals surface area contributed by atoms with E-state index in [0.717, 1.165) is 13.1 Å². The summed E-state index contributed by atoms with van der Waals surface area (Å²) < 4.78 is 15.6. The molecule has 1 amide bonds. The monoisotopic (exact) mass is 280 g/mol. The van der Waals surface area contributed by atoms with Gasteiger partial charge in [0, 0.05) is 37.0 Å². The number of carbonyl (C=O) groups excluding carboxylic acids is 1. The Kier molecular flexibility index (Phi) is 5.20. The van der Waals surface area contributed by atoms with Crippen LogP contribution in [0.15, 0.2) is 18.2 Å². The van der Waals surface area contributed by atoms with E-state index >= 15 is 0 Å². The zero-order chi connectivity index (χ0) is 14.4. The molecule has 1 aromatic rings. The summed E-state index contributed by atoms with van der Waals surface area (Å²) >= 11 is 0. The highest BCUT2D eigenvalue weighted by atomic mass is 16.5. The Morgan fingerprint density at radius 2 is 1.80 bits per heavy atom. The number of carbonyl (C=O) groups is 1. The molecule has 1 aliphatic rings. The molecule has 0 unspecified atom stereocenters. The molecule has 6 heteroatoms. The first-order chi connectivity index (χ1) is 9.71. The van der Waals surface area contributed by atoms with Crippen LogP contribution in [0.3, 0.4) is 0 Å². The summed E-state index contributed by atoms with van der Waals surface area (Å²) in [6, 6.07) is 5.29. The maximum atomic E-state index is 12.0. The van der Waals surface area contributed by atoms with Gasteiger partial charge < -0.3 is 19.5 Å². The summed E-state index contributed by atoms with van der Waals surface area (Å²) in [6.45, 7) is 3.30. The highest BCUT2D eigenvalue weighted by Crippen LogP contribution is 2.25. The van der Waals surface area contributed by atoms with Crippen LogP contribution in [0, 0.1) is 0 Å². The zero-order valence-corrected chi connectivity index (χ0v) is 11.8. The summed E-state index contributed by atoms with van der Waals surface area (Å²) in [5.41, 5.74) is 0.666. The van der Waals surface area contributed by atoms with Gasteiger partial charge in [-0.05, 0) is 0 Å². The number of methoxy groups -OCH3 is 2. The summed E-state index contributed by atoms with van der Waals surface area (Å²) in [6.07, 6.45) is 0. The van der Waals surface area contributed by atoms with E-state index in [-0.39, 0.29) is 5.91 Å². The molecule has 1 saturated heterocycles. The lowest BCUT2D eigenvalue weighted by atomic mass is 10.2. The molecule has 0 atom stereocenters. The molecule has 1 N–H and O–H groups in total. The van der Waals surface area contributed by atoms with Crippen molar-refractivity contribution in [2.45, 2.75) is 0 Å². The number of benzene rings is 1. The summed E-state index contributed by atoms with van der Waals surface area (Å²) in [4.78, 5) is 14.1. The van der Waals surface area contributed by atoms with Crippen molar-refractivity contribution in [1.82, 2.24) is 4.90 Å². The number of anilines is 1. The molecular formula is C14H20N2O4. The van der Waals surface area contributed by atoms with Crippen LogP contribution >= 0.6 is 0 Å². The minimum atomic E-state index is -0.0535. The minimum Gasteiger partial charge on any atom is -0.497 e. The number of nitrogens with zero attached hydrogens (tertiary/aromatic N) is 1. The molecule has 0 aromatic heterocycles. The number of hydrogen-bond donors (Lipinski definition) is 1. The molecule has 0 saturated carbocycles. The van der Waals surface area contributed by atoms with E-state index in [0.29, 0.717) is 36.9 Å². The molecule has 6 nitrogen and oxygen atoms in total. The lowest BCUT2D eigenvalue weighted by molar-refractivity contribution is -0.118. The third-order valence-electron chi connectivity index (χ3n) is 3.11. The highest BCUT2D eigenvalue weighted by Gasteiger charge is 2.14. The fraction of sp³-hybridized carbons (Fsp3) is 0.500. The first kappa shape index (κ1) is 14.6. The third-order valence-corrected chi connectivity index (χ3v) is 3.11. The smallest absolute Gasteiger partial charge is 0.238 e. The topological polar surface area (TPSA) is 60.0 Å². The minimum absolute atomic E-state index is 0.0535. The Balaban J connectivity index is 1.95. The van der Waals surface area contributed by atoms with E-state index < -0.39 is 0 Å². The lowest BCUT2D eigenvalue weighted by Gasteiger charge is -2.25. The maximum absolute atomic E-state index is 12.0. The third kappa shape index (κ3) is 4.11. The zero-order valence-electron chi connectivity index (χ0n) is 11.8. The van der Waals surface area contributed by atoms with Crippen LogP contribution in [0.4, 0.5) is 5.69 Å². The van der Waals surface area contributed by atoms with Crippen LogP contribution in [-0.4, -0.2) is 57.9 Å². The van der Waals surface area contributed by atoms with Crippen LogP contribution in [0.1, 0.15) is 0 Å². The lowest BCUT2D eigenvalue weighted by Crippen LogP contribution is -2.41. The molecule has 110 valence electrons. The van der Waals surface area contributed by atoms with Crippen LogP contribution < -0.4 is 14.8 Å². The molecule has 20 heavy (non-hydrogen) atoms. The Morgan fingerprint density at radius 3 is 2.35 bits per heavy atom. The predicted octanol–water partition coefficient (Wildman–Crippen LogP) is 0.974. The average molecular weight is 280 g/mol. The van der Waals surface area contributed by atoms with E-state index in [1.165, 1.54) is 0 Å². The molecule has 1 heterocycles. The van der Waals surface area contributed by atoms with E-state index in [9.17, 15) is 4.79 Å². The number of ether oxygens (including phenoxy) is 3. The van der Waals surface area contributed by atoms with Gasteiger partial charge in [0.05, 0.1) is 34.0 Å². The van der Waals surface area contributed by atoms with Gasteiger partial charge in [-0.25, -0.2) is 0 Å². The van der Waals surface area contributed by atoms with Crippen molar-refractivity contribution in [3.8, 4) is 11.5 Å². The van der Waals surface area contributed by atoms with E-state index in [1.54, 1.807) is 32.4 Å². The Bertz CT molecular complexity index is 436. The first-order valence-electron chi connectivity index (χ1n) is 6.54. The number of amides is 1. The van der Waals surface area contributed by atoms with Crippen LogP contribution in [0.5, 0.6) is 11.5 Å². The quantitative estimate of drug-likeness (QED) is 0.871. The van der Waals surface area contributed by atoms with Crippen molar-refractivity contribution in [2.75, 3.05) is 52.4 Å². The summed E-state index contributed by atoms with van der Waals surface area (Å²) in [5.74, 6) is 1.24. The van der Waals surface area contributed by atoms with Crippen molar-refractivity contribution in [3.63, 3.8) is 0 Å². The molecule has 2 rings (SSSR count). The van der Waals surface area contributed by atoms with Crippen LogP contribution in [0.2, 0.25) is 0 Å². The number of rotatable bonds is 5. The molecule has 0 aliphatic carbocycles. The number of nitrogens with one attached hydrogen (secondary N) is 1. The van der Waals surface area contributed by atoms with E-state index in [1.807, 2.05) is 0 Å². The molecule has 1 fully saturated rings. The Hall–Kier alpha value is -1.79. The number of morpholine rings is 1. The Labute approximate surface area is 118 Å². The molecular weight excluding hydrogens is 260 g/mol. The highest BCUT2D eigenvalue weighted by molar-refractivity contribution is 5.92. The van der Waals surface area contributed by atoms with E-state index in [4.69, 9.17) is 14.2 Å². The van der Waals surface area contributed by atoms with Gasteiger partial charge in [0.2, 0.25) is 5.91 Å². The van der Waals surface area contributed by atoms with Gasteiger partial charge in [-0.3, -0.25) is 9.69 Å². The maximum Gasteiger partial charge on any atom is 0.238 e. The van der Waals surface area contributed by atoms with Gasteiger partial charge >= 0.3 is 0 Å². The normalized spacial score (nSPS) is 15.7. The van der Waals surface area contributed by atoms with Gasteiger partial charge in [-0.1, -0.05) is 0 Å². The predicted molar refractivity (Wildman–Crippen MR) is 75.4 cm³/mol. The van der Waals surface area contributed by atoms with Crippen LogP contribution in [-0.2, 0) is 9.53 Å². The Morgan fingerprint density at radius 1 is 1.20 bits per heavy atom. The molecule has 0 spiro atoms. The standard InChI is InChI=1S/C14H20N2O4/c1-18-12-7-11(8-13(9-12)19-2)15-14(17)10-16-3-5-20-6-4-16/h7-9H,3-6,10H2,1-2H3,(H,15,17). The van der Waals surface area contributed by atoms with Crippen molar-refractivity contribution in [3.05, 3.63) is 18.2 Å². The van der Waals surface area contributed by atoms with Gasteiger partial charge in [0.25, 0.3) is 0 Å². The van der Waals surface area contributed by atoms with Crippen LogP contribution in [0.25, 0.3) is 0 Å². The van der Waals surface area contributed by atoms with Gasteiger partial charge in [-0.15, -0.1) is 0 Å². The van der Waals surface area contributed by atoms with Crippen molar-refractivity contribution >= 4 is 11.6 Å². The van der Waals surface area contributed by atoms with Crippen molar-refractivity contribution in [2.24, 2.45) is 0 Å². The number of hydrogen-bond acceptors (Lipinski definition) is 5. The fourth-order valence-electron chi connectivity index (χ4n) is 2.04. The first-order valence-corrected chi connectivity index (χ1v) is 6.54. The van der Waals surface area contributed by atoms with E-state index in [2.05, 4.69) is 10.2 Å². The average Bonchev–Trinajstić information content (AvgIpc) is 2.47. The molecule has 1 aliphatic heterocycles. The SMILES string of the molecule is COc1cc(NC(=O)CN2CCOCC2)cc(OC)c1. The largest absolute Gasteiger partial charge is 0.497 e. The van der Waals surface area contributed by atoms with Gasteiger partial charge in [0.1, 0.15) is 11.5 Å². The molecule has 0 radical (unpaired) electrons. The second-order valence-corrected chi connectivity index (χ2v) is 4.54. The second-order valence-electron chi connectivity index (χ2n) is 4.54. The molecule has 0 bridgehead atoms. The summed E-state index contributed by atoms with van der Waals surface area (Å²) in [7, 11) is 3.15.